The lowest BCUT2D eigenvalue weighted by Gasteiger charge is -2.41. The van der Waals surface area contributed by atoms with Crippen molar-refractivity contribution >= 4 is 28.8 Å². The summed E-state index contributed by atoms with van der Waals surface area (Å²) >= 11 is 0. The van der Waals surface area contributed by atoms with Gasteiger partial charge in [-0.1, -0.05) is 42.0 Å². The van der Waals surface area contributed by atoms with Gasteiger partial charge in [-0.05, 0) is 49.6 Å². The number of anilines is 1. The smallest absolute Gasteiger partial charge is 0.269 e. The number of hydrogen-bond acceptors (Lipinski definition) is 6. The Morgan fingerprint density at radius 3 is 2.29 bits per heavy atom. The van der Waals surface area contributed by atoms with Crippen molar-refractivity contribution in [3.63, 3.8) is 0 Å². The van der Waals surface area contributed by atoms with Gasteiger partial charge in [0.05, 0.1) is 12.0 Å². The van der Waals surface area contributed by atoms with Crippen LogP contribution in [-0.4, -0.2) is 28.8 Å². The van der Waals surface area contributed by atoms with E-state index in [1.165, 1.54) is 12.1 Å². The number of benzene rings is 3. The maximum atomic E-state index is 13.5. The first-order valence-electron chi connectivity index (χ1n) is 12.3. The number of carbonyl (C=O) groups is 1. The molecule has 1 unspecified atom stereocenters. The van der Waals surface area contributed by atoms with E-state index in [1.807, 2.05) is 31.2 Å². The SMILES string of the molecule is COc1ccc(C2C3=C(CCCC3=O)N(c3ccc([N+](=O)[O-])cc3)C(=N)/C2=C(/O)c2ccc(C)cc2)cc1. The number of nitrogens with zero attached hydrogens (tertiary/aromatic N) is 2. The van der Waals surface area contributed by atoms with Crippen LogP contribution in [0.4, 0.5) is 11.4 Å². The monoisotopic (exact) mass is 509 g/mol. The fourth-order valence-electron chi connectivity index (χ4n) is 5.20. The zero-order valence-corrected chi connectivity index (χ0v) is 21.1. The number of aliphatic hydroxyl groups excluding tert-OH is 1. The van der Waals surface area contributed by atoms with E-state index in [0.717, 1.165) is 11.1 Å². The average molecular weight is 510 g/mol. The Bertz CT molecular complexity index is 1490. The van der Waals surface area contributed by atoms with E-state index in [1.54, 1.807) is 48.4 Å². The number of Topliss-reactive ketones (excluding diaryl/α,β-unsaturated/α-hetero) is 1. The molecule has 38 heavy (non-hydrogen) atoms. The molecule has 0 bridgehead atoms. The van der Waals surface area contributed by atoms with Gasteiger partial charge in [0.2, 0.25) is 0 Å². The van der Waals surface area contributed by atoms with Crippen LogP contribution in [0.2, 0.25) is 0 Å². The van der Waals surface area contributed by atoms with Gasteiger partial charge < -0.3 is 9.84 Å². The number of rotatable bonds is 5. The molecule has 1 heterocycles. The highest BCUT2D eigenvalue weighted by Gasteiger charge is 2.43. The number of methoxy groups -OCH3 is 1. The molecule has 1 aliphatic carbocycles. The van der Waals surface area contributed by atoms with Gasteiger partial charge in [0.1, 0.15) is 17.3 Å². The first-order valence-corrected chi connectivity index (χ1v) is 12.3. The summed E-state index contributed by atoms with van der Waals surface area (Å²) in [5.74, 6) is -0.115. The third-order valence-corrected chi connectivity index (χ3v) is 7.10. The van der Waals surface area contributed by atoms with Crippen molar-refractivity contribution in [1.29, 1.82) is 5.41 Å². The number of nitro benzene ring substituents is 1. The van der Waals surface area contributed by atoms with E-state index in [-0.39, 0.29) is 23.1 Å². The fraction of sp³-hybridized carbons (Fsp3) is 0.200. The largest absolute Gasteiger partial charge is 0.507 e. The minimum atomic E-state index is -0.660. The Morgan fingerprint density at radius 1 is 1.03 bits per heavy atom. The summed E-state index contributed by atoms with van der Waals surface area (Å²) < 4.78 is 5.32. The summed E-state index contributed by atoms with van der Waals surface area (Å²) in [6, 6.07) is 20.6. The summed E-state index contributed by atoms with van der Waals surface area (Å²) in [7, 11) is 1.58. The number of nitrogens with one attached hydrogen (secondary N) is 1. The third kappa shape index (κ3) is 4.34. The normalized spacial score (nSPS) is 18.8. The molecule has 8 heteroatoms. The number of aryl methyl sites for hydroxylation is 1. The molecule has 0 fully saturated rings. The minimum Gasteiger partial charge on any atom is -0.507 e. The summed E-state index contributed by atoms with van der Waals surface area (Å²) in [5.41, 5.74) is 4.28. The van der Waals surface area contributed by atoms with Gasteiger partial charge >= 0.3 is 0 Å². The predicted molar refractivity (Wildman–Crippen MR) is 146 cm³/mol. The van der Waals surface area contributed by atoms with Crippen LogP contribution in [-0.2, 0) is 4.79 Å². The molecule has 192 valence electrons. The second kappa shape index (κ2) is 9.97. The number of amidine groups is 1. The van der Waals surface area contributed by atoms with Crippen LogP contribution in [0.3, 0.4) is 0 Å². The summed E-state index contributed by atoms with van der Waals surface area (Å²) in [5, 5.41) is 32.3. The second-order valence-electron chi connectivity index (χ2n) is 9.43. The topological polar surface area (TPSA) is 117 Å². The summed E-state index contributed by atoms with van der Waals surface area (Å²) in [4.78, 5) is 25.9. The van der Waals surface area contributed by atoms with Crippen molar-refractivity contribution in [2.75, 3.05) is 12.0 Å². The maximum Gasteiger partial charge on any atom is 0.269 e. The summed E-state index contributed by atoms with van der Waals surface area (Å²) in [6.07, 6.45) is 1.56. The minimum absolute atomic E-state index is 0.0196. The van der Waals surface area contributed by atoms with E-state index in [2.05, 4.69) is 0 Å². The van der Waals surface area contributed by atoms with Gasteiger partial charge in [-0.15, -0.1) is 0 Å². The lowest BCUT2D eigenvalue weighted by atomic mass is 9.73. The van der Waals surface area contributed by atoms with Gasteiger partial charge in [0, 0.05) is 52.6 Å². The van der Waals surface area contributed by atoms with Crippen LogP contribution >= 0.6 is 0 Å². The molecule has 8 nitrogen and oxygen atoms in total. The first-order chi connectivity index (χ1) is 18.3. The lowest BCUT2D eigenvalue weighted by molar-refractivity contribution is -0.384. The quantitative estimate of drug-likeness (QED) is 0.231. The van der Waals surface area contributed by atoms with Crippen LogP contribution in [0.5, 0.6) is 5.75 Å². The number of nitro groups is 1. The molecular weight excluding hydrogens is 482 g/mol. The third-order valence-electron chi connectivity index (χ3n) is 7.10. The summed E-state index contributed by atoms with van der Waals surface area (Å²) in [6.45, 7) is 1.95. The predicted octanol–water partition coefficient (Wildman–Crippen LogP) is 6.47. The number of non-ortho nitro benzene ring substituents is 1. The fourth-order valence-corrected chi connectivity index (χ4v) is 5.20. The second-order valence-corrected chi connectivity index (χ2v) is 9.43. The molecule has 0 radical (unpaired) electrons. The van der Waals surface area contributed by atoms with E-state index >= 15 is 0 Å². The molecule has 0 amide bonds. The highest BCUT2D eigenvalue weighted by Crippen LogP contribution is 2.48. The van der Waals surface area contributed by atoms with Crippen molar-refractivity contribution in [1.82, 2.24) is 0 Å². The molecule has 2 aliphatic rings. The number of carbonyl (C=O) groups excluding carboxylic acids is 1. The van der Waals surface area contributed by atoms with Crippen LogP contribution in [0.1, 0.15) is 41.9 Å². The highest BCUT2D eigenvalue weighted by molar-refractivity contribution is 6.19. The molecule has 0 spiro atoms. The molecule has 3 aromatic carbocycles. The average Bonchev–Trinajstić information content (AvgIpc) is 2.93. The van der Waals surface area contributed by atoms with E-state index in [0.29, 0.717) is 53.1 Å². The molecule has 0 aromatic heterocycles. The Balaban J connectivity index is 1.78. The van der Waals surface area contributed by atoms with Crippen LogP contribution in [0, 0.1) is 22.4 Å². The Hall–Kier alpha value is -4.72. The zero-order valence-electron chi connectivity index (χ0n) is 21.1. The van der Waals surface area contributed by atoms with Crippen molar-refractivity contribution in [3.05, 3.63) is 116 Å². The molecule has 1 atom stereocenters. The lowest BCUT2D eigenvalue weighted by Crippen LogP contribution is -2.42. The van der Waals surface area contributed by atoms with Gasteiger partial charge in [-0.2, -0.15) is 0 Å². The number of allylic oxidation sites excluding steroid dienone is 2. The molecule has 5 rings (SSSR count). The van der Waals surface area contributed by atoms with Crippen LogP contribution in [0.25, 0.3) is 5.76 Å². The number of hydrogen-bond donors (Lipinski definition) is 2. The molecule has 2 N–H and O–H groups in total. The number of ether oxygens (including phenoxy) is 1. The van der Waals surface area contributed by atoms with Gasteiger partial charge in [-0.25, -0.2) is 0 Å². The van der Waals surface area contributed by atoms with Gasteiger partial charge in [0.25, 0.3) is 5.69 Å². The molecule has 1 aliphatic heterocycles. The van der Waals surface area contributed by atoms with Gasteiger partial charge in [-0.3, -0.25) is 25.2 Å². The van der Waals surface area contributed by atoms with Crippen LogP contribution < -0.4 is 9.64 Å². The Labute approximate surface area is 220 Å². The number of aliphatic hydroxyl groups is 1. The Kier molecular flexibility index (Phi) is 6.55. The molecule has 3 aromatic rings. The first kappa shape index (κ1) is 25.0. The molecule has 0 saturated carbocycles. The standard InChI is InChI=1S/C30H27N3O5/c1-18-6-8-20(9-7-18)29(35)28-26(19-10-16-23(38-2)17-11-19)27-24(4-3-5-25(27)34)32(30(28)31)21-12-14-22(15-13-21)33(36)37/h6-17,26,31,35H,3-5H2,1-2H3/b29-28+,31-30?. The van der Waals surface area contributed by atoms with E-state index in [4.69, 9.17) is 4.74 Å². The van der Waals surface area contributed by atoms with Crippen molar-refractivity contribution in [3.8, 4) is 5.75 Å². The maximum absolute atomic E-state index is 13.5. The van der Waals surface area contributed by atoms with Crippen molar-refractivity contribution in [2.24, 2.45) is 0 Å². The Morgan fingerprint density at radius 2 is 1.68 bits per heavy atom. The van der Waals surface area contributed by atoms with Crippen LogP contribution in [0.15, 0.2) is 89.6 Å². The van der Waals surface area contributed by atoms with Crippen molar-refractivity contribution in [2.45, 2.75) is 32.1 Å². The molecule has 0 saturated heterocycles. The van der Waals surface area contributed by atoms with Gasteiger partial charge in [0.15, 0.2) is 5.78 Å². The number of ketones is 1. The molecular formula is C30H27N3O5. The highest BCUT2D eigenvalue weighted by atomic mass is 16.6. The van der Waals surface area contributed by atoms with Crippen molar-refractivity contribution < 1.29 is 19.6 Å². The van der Waals surface area contributed by atoms with E-state index < -0.39 is 10.8 Å². The van der Waals surface area contributed by atoms with E-state index in [9.17, 15) is 25.4 Å². The zero-order chi connectivity index (χ0) is 27.0.